The molecule has 2 aromatic heterocycles. The van der Waals surface area contributed by atoms with Crippen molar-refractivity contribution in [2.75, 3.05) is 11.4 Å². The van der Waals surface area contributed by atoms with E-state index in [1.165, 1.54) is 4.90 Å². The molecule has 1 fully saturated rings. The number of halogens is 7. The van der Waals surface area contributed by atoms with E-state index >= 15 is 0 Å². The van der Waals surface area contributed by atoms with Crippen LogP contribution in [0, 0.1) is 5.92 Å². The van der Waals surface area contributed by atoms with E-state index in [0.717, 1.165) is 54.3 Å². The van der Waals surface area contributed by atoms with Gasteiger partial charge in [0, 0.05) is 28.2 Å². The Hall–Kier alpha value is -2.49. The second-order valence-corrected chi connectivity index (χ2v) is 9.78. The first kappa shape index (κ1) is 24.2. The van der Waals surface area contributed by atoms with Gasteiger partial charge in [-0.25, -0.2) is 9.97 Å². The molecule has 11 heteroatoms. The molecule has 188 valence electrons. The summed E-state index contributed by atoms with van der Waals surface area (Å²) in [5.41, 5.74) is -0.590. The molecular weight excluding hydrogens is 494 g/mol. The number of alkyl halides is 6. The summed E-state index contributed by atoms with van der Waals surface area (Å²) < 4.78 is 81.0. The summed E-state index contributed by atoms with van der Waals surface area (Å²) in [7, 11) is 0. The van der Waals surface area contributed by atoms with Crippen molar-refractivity contribution < 1.29 is 26.3 Å². The van der Waals surface area contributed by atoms with Crippen molar-refractivity contribution in [1.82, 2.24) is 15.0 Å². The van der Waals surface area contributed by atoms with Crippen LogP contribution in [-0.2, 0) is 18.8 Å². The second kappa shape index (κ2) is 8.87. The Balaban J connectivity index is 1.63. The first-order valence-electron chi connectivity index (χ1n) is 11.6. The van der Waals surface area contributed by atoms with Crippen molar-refractivity contribution in [1.29, 1.82) is 0 Å². The lowest BCUT2D eigenvalue weighted by atomic mass is 9.82. The van der Waals surface area contributed by atoms with Gasteiger partial charge in [0.15, 0.2) is 11.4 Å². The lowest BCUT2D eigenvalue weighted by Crippen LogP contribution is -2.38. The zero-order chi connectivity index (χ0) is 25.0. The van der Waals surface area contributed by atoms with Crippen LogP contribution in [0.2, 0.25) is 5.02 Å². The summed E-state index contributed by atoms with van der Waals surface area (Å²) >= 11 is 6.20. The van der Waals surface area contributed by atoms with Gasteiger partial charge in [0.05, 0.1) is 6.04 Å². The molecule has 0 amide bonds. The van der Waals surface area contributed by atoms with E-state index in [1.54, 1.807) is 6.07 Å². The fourth-order valence-electron chi connectivity index (χ4n) is 5.41. The van der Waals surface area contributed by atoms with Crippen LogP contribution >= 0.6 is 11.6 Å². The summed E-state index contributed by atoms with van der Waals surface area (Å²) in [4.78, 5) is 12.0. The maximum absolute atomic E-state index is 13.5. The first-order valence-corrected chi connectivity index (χ1v) is 12.0. The predicted molar refractivity (Wildman–Crippen MR) is 120 cm³/mol. The average Bonchev–Trinajstić information content (AvgIpc) is 3.17. The fraction of sp³-hybridized carbons (Fsp3) is 0.500. The average molecular weight is 517 g/mol. The molecule has 0 radical (unpaired) electrons. The molecule has 2 aliphatic rings. The first-order chi connectivity index (χ1) is 16.5. The summed E-state index contributed by atoms with van der Waals surface area (Å²) in [5, 5.41) is 1.48. The van der Waals surface area contributed by atoms with Crippen LogP contribution in [0.15, 0.2) is 24.3 Å². The number of aromatic amines is 1. The Bertz CT molecular complexity index is 1200. The lowest BCUT2D eigenvalue weighted by molar-refractivity contribution is -0.147. The Morgan fingerprint density at radius 2 is 1.60 bits per heavy atom. The maximum Gasteiger partial charge on any atom is 0.433 e. The smallest absolute Gasteiger partial charge is 0.356 e. The second-order valence-electron chi connectivity index (χ2n) is 9.34. The zero-order valence-corrected chi connectivity index (χ0v) is 19.4. The van der Waals surface area contributed by atoms with E-state index in [1.807, 2.05) is 12.1 Å². The van der Waals surface area contributed by atoms with Gasteiger partial charge in [-0.15, -0.1) is 0 Å². The van der Waals surface area contributed by atoms with Crippen LogP contribution in [0.25, 0.3) is 10.9 Å². The summed E-state index contributed by atoms with van der Waals surface area (Å²) in [6.07, 6.45) is -3.86. The van der Waals surface area contributed by atoms with Crippen LogP contribution in [0.5, 0.6) is 0 Å². The highest BCUT2D eigenvalue weighted by atomic mass is 35.5. The number of rotatable bonds is 3. The Kier molecular flexibility index (Phi) is 6.14. The minimum Gasteiger partial charge on any atom is -0.356 e. The normalized spacial score (nSPS) is 19.9. The quantitative estimate of drug-likeness (QED) is 0.362. The minimum absolute atomic E-state index is 0.0278. The molecule has 1 aliphatic carbocycles. The maximum atomic E-state index is 13.5. The summed E-state index contributed by atoms with van der Waals surface area (Å²) in [6, 6.07) is 4.91. The van der Waals surface area contributed by atoms with E-state index in [0.29, 0.717) is 23.8 Å². The summed E-state index contributed by atoms with van der Waals surface area (Å²) in [6.45, 7) is 0.197. The molecule has 1 N–H and O–H groups in total. The molecule has 1 saturated carbocycles. The van der Waals surface area contributed by atoms with E-state index in [-0.39, 0.29) is 12.6 Å². The Labute approximate surface area is 202 Å². The standard InChI is InChI=1S/C24H23ClF6N4/c25-14-6-7-17-16(11-14)15-8-9-35(18(21(15)32-17)10-13-4-2-1-3-5-13)22-33-19(23(26,27)28)12-20(34-22)24(29,30)31/h6-7,11-13,18,32H,1-5,8-10H2/t18-/m0/s1. The minimum atomic E-state index is -5.03. The van der Waals surface area contributed by atoms with Crippen molar-refractivity contribution >= 4 is 28.5 Å². The number of nitrogens with zero attached hydrogens (tertiary/aromatic N) is 3. The molecular formula is C24H23ClF6N4. The molecule has 3 aromatic rings. The lowest BCUT2D eigenvalue weighted by Gasteiger charge is -2.38. The highest BCUT2D eigenvalue weighted by Gasteiger charge is 2.42. The number of benzene rings is 1. The van der Waals surface area contributed by atoms with Gasteiger partial charge in [0.2, 0.25) is 5.95 Å². The molecule has 0 bridgehead atoms. The number of anilines is 1. The molecule has 1 aromatic carbocycles. The Morgan fingerprint density at radius 1 is 0.943 bits per heavy atom. The van der Waals surface area contributed by atoms with Gasteiger partial charge in [-0.05, 0) is 48.6 Å². The molecule has 0 saturated heterocycles. The predicted octanol–water partition coefficient (Wildman–Crippen LogP) is 7.72. The number of hydrogen-bond acceptors (Lipinski definition) is 3. The number of aromatic nitrogens is 3. The van der Waals surface area contributed by atoms with Crippen LogP contribution in [-0.4, -0.2) is 21.5 Å². The molecule has 0 spiro atoms. The van der Waals surface area contributed by atoms with Gasteiger partial charge in [0.1, 0.15) is 0 Å². The van der Waals surface area contributed by atoms with E-state index in [2.05, 4.69) is 15.0 Å². The van der Waals surface area contributed by atoms with Gasteiger partial charge < -0.3 is 9.88 Å². The third-order valence-corrected chi connectivity index (χ3v) is 7.28. The monoisotopic (exact) mass is 516 g/mol. The van der Waals surface area contributed by atoms with Gasteiger partial charge in [-0.3, -0.25) is 0 Å². The van der Waals surface area contributed by atoms with Gasteiger partial charge in [0.25, 0.3) is 0 Å². The molecule has 35 heavy (non-hydrogen) atoms. The third-order valence-electron chi connectivity index (χ3n) is 7.05. The Morgan fingerprint density at radius 3 is 2.23 bits per heavy atom. The van der Waals surface area contributed by atoms with Crippen molar-refractivity contribution in [2.45, 2.75) is 63.3 Å². The SMILES string of the molecule is FC(F)(F)c1cc(C(F)(F)F)nc(N2CCc3c([nH]c4ccc(Cl)cc34)[C@@H]2CC2CCCCC2)n1. The van der Waals surface area contributed by atoms with Crippen molar-refractivity contribution in [2.24, 2.45) is 5.92 Å². The van der Waals surface area contributed by atoms with Gasteiger partial charge >= 0.3 is 12.4 Å². The van der Waals surface area contributed by atoms with E-state index in [9.17, 15) is 26.3 Å². The van der Waals surface area contributed by atoms with Crippen LogP contribution in [0.4, 0.5) is 32.3 Å². The number of fused-ring (bicyclic) bond motifs is 3. The fourth-order valence-corrected chi connectivity index (χ4v) is 5.59. The highest BCUT2D eigenvalue weighted by Crippen LogP contribution is 2.43. The number of hydrogen-bond donors (Lipinski definition) is 1. The van der Waals surface area contributed by atoms with Crippen molar-refractivity contribution in [3.05, 3.63) is 51.9 Å². The van der Waals surface area contributed by atoms with Gasteiger partial charge in [-0.2, -0.15) is 26.3 Å². The van der Waals surface area contributed by atoms with Crippen LogP contribution < -0.4 is 4.90 Å². The largest absolute Gasteiger partial charge is 0.433 e. The number of nitrogens with one attached hydrogen (secondary N) is 1. The summed E-state index contributed by atoms with van der Waals surface area (Å²) in [5.74, 6) is -0.236. The van der Waals surface area contributed by atoms with Crippen LogP contribution in [0.3, 0.4) is 0 Å². The molecule has 3 heterocycles. The molecule has 4 nitrogen and oxygen atoms in total. The van der Waals surface area contributed by atoms with Crippen LogP contribution in [0.1, 0.15) is 67.2 Å². The zero-order valence-electron chi connectivity index (χ0n) is 18.6. The number of H-pyrrole nitrogens is 1. The molecule has 1 atom stereocenters. The highest BCUT2D eigenvalue weighted by molar-refractivity contribution is 6.31. The van der Waals surface area contributed by atoms with Crippen molar-refractivity contribution in [3.8, 4) is 0 Å². The van der Waals surface area contributed by atoms with Gasteiger partial charge in [-0.1, -0.05) is 43.7 Å². The molecule has 0 unspecified atom stereocenters. The van der Waals surface area contributed by atoms with E-state index in [4.69, 9.17) is 11.6 Å². The molecule has 1 aliphatic heterocycles. The van der Waals surface area contributed by atoms with E-state index < -0.39 is 35.7 Å². The third kappa shape index (κ3) is 4.81. The topological polar surface area (TPSA) is 44.8 Å². The van der Waals surface area contributed by atoms with Crippen molar-refractivity contribution in [3.63, 3.8) is 0 Å². The molecule has 5 rings (SSSR count).